The molecule has 19 heavy (non-hydrogen) atoms. The van der Waals surface area contributed by atoms with E-state index >= 15 is 0 Å². The van der Waals surface area contributed by atoms with E-state index in [4.69, 9.17) is 14.6 Å². The molecule has 0 saturated carbocycles. The predicted molar refractivity (Wildman–Crippen MR) is 71.1 cm³/mol. The summed E-state index contributed by atoms with van der Waals surface area (Å²) in [6.45, 7) is 1.65. The molecule has 0 unspecified atom stereocenters. The van der Waals surface area contributed by atoms with Crippen molar-refractivity contribution in [2.75, 3.05) is 26.9 Å². The fourth-order valence-corrected chi connectivity index (χ4v) is 1.49. The van der Waals surface area contributed by atoms with Crippen molar-refractivity contribution in [3.05, 3.63) is 35.1 Å². The molecule has 0 bridgehead atoms. The molecule has 1 aromatic rings. The van der Waals surface area contributed by atoms with Crippen LogP contribution >= 0.6 is 0 Å². The van der Waals surface area contributed by atoms with Crippen LogP contribution in [0.5, 0.6) is 0 Å². The van der Waals surface area contributed by atoms with E-state index in [0.29, 0.717) is 31.8 Å². The van der Waals surface area contributed by atoms with Gasteiger partial charge in [0.25, 0.3) is 0 Å². The third-order valence-electron chi connectivity index (χ3n) is 2.43. The number of aliphatic hydroxyl groups excluding tert-OH is 1. The fourth-order valence-electron chi connectivity index (χ4n) is 1.49. The number of benzene rings is 1. The minimum atomic E-state index is -0.323. The molecule has 3 nitrogen and oxygen atoms in total. The van der Waals surface area contributed by atoms with E-state index in [1.54, 1.807) is 13.2 Å². The second-order valence-corrected chi connectivity index (χ2v) is 3.98. The van der Waals surface area contributed by atoms with Gasteiger partial charge in [0.15, 0.2) is 0 Å². The summed E-state index contributed by atoms with van der Waals surface area (Å²) in [6, 6.07) is 4.46. The highest BCUT2D eigenvalue weighted by Crippen LogP contribution is 2.12. The zero-order valence-electron chi connectivity index (χ0n) is 11.1. The maximum absolute atomic E-state index is 13.2. The van der Waals surface area contributed by atoms with Gasteiger partial charge < -0.3 is 14.6 Å². The largest absolute Gasteiger partial charge is 0.395 e. The molecule has 0 heterocycles. The van der Waals surface area contributed by atoms with Gasteiger partial charge >= 0.3 is 0 Å². The van der Waals surface area contributed by atoms with Crippen LogP contribution < -0.4 is 0 Å². The molecule has 1 rings (SSSR count). The Morgan fingerprint density at radius 3 is 2.89 bits per heavy atom. The molecule has 0 radical (unpaired) electrons. The zero-order valence-corrected chi connectivity index (χ0v) is 11.1. The van der Waals surface area contributed by atoms with E-state index < -0.39 is 0 Å². The van der Waals surface area contributed by atoms with Gasteiger partial charge in [-0.1, -0.05) is 17.9 Å². The van der Waals surface area contributed by atoms with Crippen molar-refractivity contribution in [2.24, 2.45) is 0 Å². The molecule has 4 heteroatoms. The van der Waals surface area contributed by atoms with E-state index in [9.17, 15) is 4.39 Å². The Balaban J connectivity index is 2.59. The Morgan fingerprint density at radius 1 is 1.32 bits per heavy atom. The van der Waals surface area contributed by atoms with Gasteiger partial charge in [0.2, 0.25) is 0 Å². The minimum absolute atomic E-state index is 0.00513. The summed E-state index contributed by atoms with van der Waals surface area (Å²) in [6.07, 6.45) is 1.20. The van der Waals surface area contributed by atoms with Gasteiger partial charge in [0.1, 0.15) is 5.82 Å². The number of rotatable bonds is 7. The Kier molecular flexibility index (Phi) is 7.83. The van der Waals surface area contributed by atoms with E-state index in [1.165, 1.54) is 12.1 Å². The van der Waals surface area contributed by atoms with Crippen molar-refractivity contribution < 1.29 is 19.0 Å². The van der Waals surface area contributed by atoms with Crippen LogP contribution in [0.3, 0.4) is 0 Å². The molecule has 0 aliphatic heterocycles. The maximum atomic E-state index is 13.2. The van der Waals surface area contributed by atoms with Gasteiger partial charge in [-0.3, -0.25) is 0 Å². The zero-order chi connectivity index (χ0) is 13.9. The third kappa shape index (κ3) is 6.35. The highest BCUT2D eigenvalue weighted by molar-refractivity contribution is 5.41. The van der Waals surface area contributed by atoms with Gasteiger partial charge in [-0.25, -0.2) is 4.39 Å². The molecule has 0 aliphatic rings. The van der Waals surface area contributed by atoms with Gasteiger partial charge in [-0.05, 0) is 24.1 Å². The minimum Gasteiger partial charge on any atom is -0.395 e. The first-order chi connectivity index (χ1) is 9.27. The highest BCUT2D eigenvalue weighted by Gasteiger charge is 2.02. The van der Waals surface area contributed by atoms with Crippen molar-refractivity contribution >= 4 is 0 Å². The molecular weight excluding hydrogens is 247 g/mol. The van der Waals surface area contributed by atoms with Crippen molar-refractivity contribution in [2.45, 2.75) is 19.4 Å². The average Bonchev–Trinajstić information content (AvgIpc) is 2.41. The molecule has 0 amide bonds. The van der Waals surface area contributed by atoms with Crippen LogP contribution in [0, 0.1) is 17.7 Å². The first kappa shape index (κ1) is 15.6. The first-order valence-electron chi connectivity index (χ1n) is 6.22. The summed E-state index contributed by atoms with van der Waals surface area (Å²) in [7, 11) is 1.65. The lowest BCUT2D eigenvalue weighted by Crippen LogP contribution is -2.01. The molecule has 1 N–H and O–H groups in total. The molecule has 0 aliphatic carbocycles. The summed E-state index contributed by atoms with van der Waals surface area (Å²) in [5, 5.41) is 8.68. The average molecular weight is 266 g/mol. The molecule has 0 fully saturated rings. The monoisotopic (exact) mass is 266 g/mol. The molecule has 0 aromatic heterocycles. The summed E-state index contributed by atoms with van der Waals surface area (Å²) < 4.78 is 23.6. The number of methoxy groups -OCH3 is 1. The Bertz CT molecular complexity index is 435. The standard InChI is InChI=1S/C15H19FO3/c1-18-9-4-10-19-12-14-6-7-15(16)11-13(14)5-2-3-8-17/h6-7,11,17H,3-4,8-10,12H2,1H3. The lowest BCUT2D eigenvalue weighted by molar-refractivity contribution is 0.0927. The van der Waals surface area contributed by atoms with Crippen molar-refractivity contribution in [1.29, 1.82) is 0 Å². The van der Waals surface area contributed by atoms with Gasteiger partial charge in [0, 0.05) is 32.3 Å². The van der Waals surface area contributed by atoms with Crippen LogP contribution in [0.15, 0.2) is 18.2 Å². The molecule has 0 saturated heterocycles. The van der Waals surface area contributed by atoms with Gasteiger partial charge in [-0.2, -0.15) is 0 Å². The van der Waals surface area contributed by atoms with Gasteiger partial charge in [0.05, 0.1) is 13.2 Å². The predicted octanol–water partition coefficient (Wildman–Crippen LogP) is 2.11. The van der Waals surface area contributed by atoms with Crippen LogP contribution in [0.4, 0.5) is 4.39 Å². The van der Waals surface area contributed by atoms with Crippen molar-refractivity contribution in [3.63, 3.8) is 0 Å². The SMILES string of the molecule is COCCCOCc1ccc(F)cc1C#CCCO. The smallest absolute Gasteiger partial charge is 0.124 e. The fraction of sp³-hybridized carbons (Fsp3) is 0.467. The number of ether oxygens (including phenoxy) is 2. The van der Waals surface area contributed by atoms with Crippen LogP contribution in [0.1, 0.15) is 24.0 Å². The normalized spacial score (nSPS) is 10.1. The Labute approximate surface area is 113 Å². The second-order valence-electron chi connectivity index (χ2n) is 3.98. The number of aliphatic hydroxyl groups is 1. The van der Waals surface area contributed by atoms with Crippen LogP contribution in [0.25, 0.3) is 0 Å². The quantitative estimate of drug-likeness (QED) is 0.607. The van der Waals surface area contributed by atoms with Gasteiger partial charge in [-0.15, -0.1) is 0 Å². The topological polar surface area (TPSA) is 38.7 Å². The molecule has 1 aromatic carbocycles. The van der Waals surface area contributed by atoms with Crippen LogP contribution in [-0.2, 0) is 16.1 Å². The maximum Gasteiger partial charge on any atom is 0.124 e. The lowest BCUT2D eigenvalue weighted by atomic mass is 10.1. The lowest BCUT2D eigenvalue weighted by Gasteiger charge is -2.06. The summed E-state index contributed by atoms with van der Waals surface area (Å²) in [5.41, 5.74) is 1.46. The molecular formula is C15H19FO3. The number of hydrogen-bond donors (Lipinski definition) is 1. The Hall–Kier alpha value is -1.41. The summed E-state index contributed by atoms with van der Waals surface area (Å²) in [4.78, 5) is 0. The van der Waals surface area contributed by atoms with E-state index in [-0.39, 0.29) is 12.4 Å². The molecule has 104 valence electrons. The van der Waals surface area contributed by atoms with Crippen molar-refractivity contribution in [1.82, 2.24) is 0 Å². The van der Waals surface area contributed by atoms with Crippen LogP contribution in [-0.4, -0.2) is 32.0 Å². The van der Waals surface area contributed by atoms with Crippen LogP contribution in [0.2, 0.25) is 0 Å². The molecule has 0 spiro atoms. The number of hydrogen-bond acceptors (Lipinski definition) is 3. The summed E-state index contributed by atoms with van der Waals surface area (Å²) >= 11 is 0. The second kappa shape index (κ2) is 9.51. The summed E-state index contributed by atoms with van der Waals surface area (Å²) in [5.74, 6) is 5.32. The number of halogens is 1. The first-order valence-corrected chi connectivity index (χ1v) is 6.22. The highest BCUT2D eigenvalue weighted by atomic mass is 19.1. The third-order valence-corrected chi connectivity index (χ3v) is 2.43. The van der Waals surface area contributed by atoms with E-state index in [0.717, 1.165) is 12.0 Å². The van der Waals surface area contributed by atoms with E-state index in [1.807, 2.05) is 0 Å². The van der Waals surface area contributed by atoms with E-state index in [2.05, 4.69) is 11.8 Å². The Morgan fingerprint density at radius 2 is 2.16 bits per heavy atom. The molecule has 0 atom stereocenters. The van der Waals surface area contributed by atoms with Crippen molar-refractivity contribution in [3.8, 4) is 11.8 Å².